The van der Waals surface area contributed by atoms with Crippen LogP contribution in [-0.2, 0) is 11.0 Å². The van der Waals surface area contributed by atoms with Crippen LogP contribution >= 0.6 is 11.8 Å². The maximum Gasteiger partial charge on any atom is 0.417 e. The van der Waals surface area contributed by atoms with Crippen molar-refractivity contribution in [2.24, 2.45) is 11.8 Å². The first kappa shape index (κ1) is 19.1. The minimum Gasteiger partial charge on any atom is -0.352 e. The summed E-state index contributed by atoms with van der Waals surface area (Å²) in [6.45, 7) is 6.10. The molecule has 4 atom stereocenters. The van der Waals surface area contributed by atoms with Crippen molar-refractivity contribution in [3.8, 4) is 0 Å². The smallest absolute Gasteiger partial charge is 0.352 e. The van der Waals surface area contributed by atoms with Gasteiger partial charge < -0.3 is 5.32 Å². The summed E-state index contributed by atoms with van der Waals surface area (Å²) in [6, 6.07) is 2.47. The molecule has 1 aliphatic carbocycles. The highest BCUT2D eigenvalue weighted by Crippen LogP contribution is 2.31. The average molecular weight is 360 g/mol. The fourth-order valence-corrected chi connectivity index (χ4v) is 3.74. The van der Waals surface area contributed by atoms with Gasteiger partial charge in [0.25, 0.3) is 0 Å². The van der Waals surface area contributed by atoms with Gasteiger partial charge >= 0.3 is 6.18 Å². The highest BCUT2D eigenvalue weighted by atomic mass is 32.2. The van der Waals surface area contributed by atoms with Crippen LogP contribution in [0.25, 0.3) is 0 Å². The van der Waals surface area contributed by atoms with Crippen LogP contribution in [0.1, 0.15) is 45.6 Å². The van der Waals surface area contributed by atoms with Gasteiger partial charge in [-0.2, -0.15) is 13.2 Å². The number of nitrogens with zero attached hydrogens (tertiary/aromatic N) is 1. The van der Waals surface area contributed by atoms with Gasteiger partial charge in [-0.1, -0.05) is 38.5 Å². The molecule has 7 heteroatoms. The number of hydrogen-bond donors (Lipinski definition) is 1. The largest absolute Gasteiger partial charge is 0.417 e. The van der Waals surface area contributed by atoms with Crippen LogP contribution in [-0.4, -0.2) is 22.2 Å². The Morgan fingerprint density at radius 1 is 1.33 bits per heavy atom. The number of thioether (sulfide) groups is 1. The van der Waals surface area contributed by atoms with Crippen molar-refractivity contribution in [3.05, 3.63) is 23.9 Å². The molecule has 1 amide bonds. The Morgan fingerprint density at radius 2 is 2.04 bits per heavy atom. The third kappa shape index (κ3) is 4.88. The van der Waals surface area contributed by atoms with Gasteiger partial charge in [0.1, 0.15) is 0 Å². The molecular weight excluding hydrogens is 337 g/mol. The molecule has 0 aromatic carbocycles. The molecule has 0 spiro atoms. The predicted molar refractivity (Wildman–Crippen MR) is 88.7 cm³/mol. The Hall–Kier alpha value is -1.24. The van der Waals surface area contributed by atoms with Crippen molar-refractivity contribution in [1.82, 2.24) is 10.3 Å². The Balaban J connectivity index is 1.91. The lowest BCUT2D eigenvalue weighted by atomic mass is 9.78. The lowest BCUT2D eigenvalue weighted by Crippen LogP contribution is -2.46. The van der Waals surface area contributed by atoms with Gasteiger partial charge in [-0.3, -0.25) is 4.79 Å². The number of alkyl halides is 3. The summed E-state index contributed by atoms with van der Waals surface area (Å²) >= 11 is 1.17. The number of nitrogens with one attached hydrogen (secondary N) is 1. The van der Waals surface area contributed by atoms with Gasteiger partial charge in [-0.25, -0.2) is 4.98 Å². The van der Waals surface area contributed by atoms with E-state index in [0.717, 1.165) is 25.1 Å². The first-order chi connectivity index (χ1) is 11.2. The number of pyridine rings is 1. The molecule has 0 radical (unpaired) electrons. The van der Waals surface area contributed by atoms with Gasteiger partial charge in [0, 0.05) is 12.2 Å². The van der Waals surface area contributed by atoms with Crippen LogP contribution in [0.5, 0.6) is 0 Å². The van der Waals surface area contributed by atoms with Gasteiger partial charge in [-0.15, -0.1) is 0 Å². The summed E-state index contributed by atoms with van der Waals surface area (Å²) in [5.41, 5.74) is -0.783. The minimum atomic E-state index is -4.40. The number of rotatable bonds is 4. The second kappa shape index (κ2) is 7.76. The van der Waals surface area contributed by atoms with E-state index in [2.05, 4.69) is 24.1 Å². The molecular formula is C17H23F3N2OS. The molecule has 1 N–H and O–H groups in total. The molecule has 3 nitrogen and oxygen atoms in total. The van der Waals surface area contributed by atoms with E-state index >= 15 is 0 Å². The van der Waals surface area contributed by atoms with Crippen LogP contribution in [0.2, 0.25) is 0 Å². The topological polar surface area (TPSA) is 42.0 Å². The van der Waals surface area contributed by atoms with E-state index in [4.69, 9.17) is 0 Å². The number of halogens is 3. The Bertz CT molecular complexity index is 562. The van der Waals surface area contributed by atoms with Crippen LogP contribution in [0.4, 0.5) is 13.2 Å². The second-order valence-corrected chi connectivity index (χ2v) is 7.89. The SMILES string of the molecule is C[C@@H]1[C@H](C)CCC[C@H]1NC(=O)[C@H](C)Sc1ccc(C(F)(F)F)cn1. The number of carbonyl (C=O) groups is 1. The summed E-state index contributed by atoms with van der Waals surface area (Å²) < 4.78 is 37.6. The normalized spacial score (nSPS) is 26.0. The number of amides is 1. The van der Waals surface area contributed by atoms with Gasteiger partial charge in [-0.05, 0) is 37.3 Å². The van der Waals surface area contributed by atoms with E-state index in [1.165, 1.54) is 24.2 Å². The third-order valence-corrected chi connectivity index (χ3v) is 5.82. The molecule has 1 aliphatic rings. The van der Waals surface area contributed by atoms with Crippen molar-refractivity contribution in [2.45, 2.75) is 62.5 Å². The maximum absolute atomic E-state index is 12.5. The number of aromatic nitrogens is 1. The third-order valence-electron chi connectivity index (χ3n) is 4.76. The first-order valence-electron chi connectivity index (χ1n) is 8.18. The maximum atomic E-state index is 12.5. The fraction of sp³-hybridized carbons (Fsp3) is 0.647. The van der Waals surface area contributed by atoms with E-state index in [-0.39, 0.29) is 11.9 Å². The molecule has 0 bridgehead atoms. The zero-order valence-corrected chi connectivity index (χ0v) is 14.9. The Morgan fingerprint density at radius 3 is 2.62 bits per heavy atom. The van der Waals surface area contributed by atoms with E-state index in [0.29, 0.717) is 16.9 Å². The lowest BCUT2D eigenvalue weighted by Gasteiger charge is -2.35. The molecule has 1 fully saturated rings. The van der Waals surface area contributed by atoms with Gasteiger partial charge in [0.2, 0.25) is 5.91 Å². The van der Waals surface area contributed by atoms with Crippen LogP contribution in [0.3, 0.4) is 0 Å². The van der Waals surface area contributed by atoms with E-state index in [1.807, 2.05) is 0 Å². The monoisotopic (exact) mass is 360 g/mol. The van der Waals surface area contributed by atoms with Crippen molar-refractivity contribution < 1.29 is 18.0 Å². The molecule has 1 aromatic heterocycles. The predicted octanol–water partition coefficient (Wildman–Crippen LogP) is 4.52. The molecule has 134 valence electrons. The molecule has 1 saturated carbocycles. The van der Waals surface area contributed by atoms with Crippen LogP contribution in [0.15, 0.2) is 23.4 Å². The van der Waals surface area contributed by atoms with E-state index in [9.17, 15) is 18.0 Å². The van der Waals surface area contributed by atoms with Gasteiger partial charge in [0.15, 0.2) is 0 Å². The average Bonchev–Trinajstić information content (AvgIpc) is 2.51. The van der Waals surface area contributed by atoms with Crippen LogP contribution < -0.4 is 5.32 Å². The van der Waals surface area contributed by atoms with Crippen molar-refractivity contribution >= 4 is 17.7 Å². The molecule has 0 saturated heterocycles. The Labute approximate surface area is 144 Å². The lowest BCUT2D eigenvalue weighted by molar-refractivity contribution is -0.137. The second-order valence-electron chi connectivity index (χ2n) is 6.53. The molecule has 0 unspecified atom stereocenters. The fourth-order valence-electron chi connectivity index (χ4n) is 2.94. The van der Waals surface area contributed by atoms with Gasteiger partial charge in [0.05, 0.1) is 15.8 Å². The zero-order valence-electron chi connectivity index (χ0n) is 14.1. The molecule has 0 aliphatic heterocycles. The first-order valence-corrected chi connectivity index (χ1v) is 9.06. The zero-order chi connectivity index (χ0) is 17.9. The summed E-state index contributed by atoms with van der Waals surface area (Å²) in [5.74, 6) is 0.931. The van der Waals surface area contributed by atoms with E-state index < -0.39 is 17.0 Å². The minimum absolute atomic E-state index is 0.0901. The highest BCUT2D eigenvalue weighted by molar-refractivity contribution is 8.00. The summed E-state index contributed by atoms with van der Waals surface area (Å²) in [5, 5.41) is 3.10. The van der Waals surface area contributed by atoms with E-state index in [1.54, 1.807) is 6.92 Å². The molecule has 1 heterocycles. The Kier molecular flexibility index (Phi) is 6.17. The molecule has 1 aromatic rings. The summed E-state index contributed by atoms with van der Waals surface area (Å²) in [7, 11) is 0. The van der Waals surface area contributed by atoms with Crippen LogP contribution in [0, 0.1) is 11.8 Å². The van der Waals surface area contributed by atoms with Crippen molar-refractivity contribution in [3.63, 3.8) is 0 Å². The van der Waals surface area contributed by atoms with Crippen molar-refractivity contribution in [1.29, 1.82) is 0 Å². The van der Waals surface area contributed by atoms with Crippen molar-refractivity contribution in [2.75, 3.05) is 0 Å². The molecule has 2 rings (SSSR count). The summed E-state index contributed by atoms with van der Waals surface area (Å²) in [4.78, 5) is 16.2. The molecule has 24 heavy (non-hydrogen) atoms. The highest BCUT2D eigenvalue weighted by Gasteiger charge is 2.31. The standard InChI is InChI=1S/C17H23F3N2OS/c1-10-5-4-6-14(11(10)2)22-16(23)12(3)24-15-8-7-13(9-21-15)17(18,19)20/h7-12,14H,4-6H2,1-3H3,(H,22,23)/t10-,11-,12+,14-/m1/s1. The number of hydrogen-bond acceptors (Lipinski definition) is 3. The summed E-state index contributed by atoms with van der Waals surface area (Å²) in [6.07, 6.45) is -0.316. The quantitative estimate of drug-likeness (QED) is 0.803. The number of carbonyl (C=O) groups excluding carboxylic acids is 1.